The first-order chi connectivity index (χ1) is 10.1. The van der Waals surface area contributed by atoms with Crippen molar-refractivity contribution in [1.29, 1.82) is 0 Å². The van der Waals surface area contributed by atoms with E-state index in [9.17, 15) is 4.79 Å². The Morgan fingerprint density at radius 2 is 2.10 bits per heavy atom. The third-order valence-electron chi connectivity index (χ3n) is 2.84. The van der Waals surface area contributed by atoms with Crippen molar-refractivity contribution in [2.75, 3.05) is 34.4 Å². The molecule has 1 aromatic carbocycles. The number of benzene rings is 1. The fraction of sp³-hybridized carbons (Fsp3) is 0.400. The molecule has 0 aliphatic carbocycles. The Balaban J connectivity index is 2.09. The molecule has 21 heavy (non-hydrogen) atoms. The number of hydrogen-bond acceptors (Lipinski definition) is 5. The van der Waals surface area contributed by atoms with Crippen LogP contribution in [0.5, 0.6) is 5.75 Å². The van der Waals surface area contributed by atoms with Crippen molar-refractivity contribution in [3.05, 3.63) is 29.8 Å². The fourth-order valence-corrected chi connectivity index (χ4v) is 2.48. The Bertz CT molecular complexity index is 524. The normalized spacial score (nSPS) is 15.6. The third kappa shape index (κ3) is 4.49. The highest BCUT2D eigenvalue weighted by atomic mass is 32.2. The van der Waals surface area contributed by atoms with Gasteiger partial charge >= 0.3 is 0 Å². The molecule has 1 aliphatic heterocycles. The van der Waals surface area contributed by atoms with Crippen molar-refractivity contribution < 1.29 is 19.0 Å². The molecule has 1 fully saturated rings. The highest BCUT2D eigenvalue weighted by Crippen LogP contribution is 2.31. The second-order valence-corrected chi connectivity index (χ2v) is 5.63. The molecule has 0 spiro atoms. The molecule has 114 valence electrons. The van der Waals surface area contributed by atoms with Crippen molar-refractivity contribution in [3.8, 4) is 5.75 Å². The molecule has 2 rings (SSSR count). The van der Waals surface area contributed by atoms with E-state index in [4.69, 9.17) is 14.2 Å². The maximum atomic E-state index is 11.8. The van der Waals surface area contributed by atoms with Gasteiger partial charge in [-0.15, -0.1) is 0 Å². The van der Waals surface area contributed by atoms with Crippen LogP contribution in [-0.2, 0) is 9.47 Å². The van der Waals surface area contributed by atoms with Crippen LogP contribution in [0, 0.1) is 0 Å². The van der Waals surface area contributed by atoms with E-state index in [1.165, 1.54) is 4.90 Å². The van der Waals surface area contributed by atoms with Crippen LogP contribution in [0.3, 0.4) is 0 Å². The van der Waals surface area contributed by atoms with Gasteiger partial charge in [0, 0.05) is 14.1 Å². The number of ether oxygens (including phenoxy) is 3. The maximum Gasteiger partial charge on any atom is 0.286 e. The van der Waals surface area contributed by atoms with E-state index in [0.717, 1.165) is 22.2 Å². The second-order valence-electron chi connectivity index (χ2n) is 4.64. The lowest BCUT2D eigenvalue weighted by Gasteiger charge is -2.12. The number of methoxy groups -OCH3 is 1. The average molecular weight is 309 g/mol. The SMILES string of the molecule is COc1cc(/C=C/C2OCCO2)ccc1SC(=O)N(C)C. The number of nitrogens with zero attached hydrogens (tertiary/aromatic N) is 1. The van der Waals surface area contributed by atoms with E-state index in [1.54, 1.807) is 21.2 Å². The summed E-state index contributed by atoms with van der Waals surface area (Å²) >= 11 is 1.14. The van der Waals surface area contributed by atoms with Crippen LogP contribution in [0.25, 0.3) is 6.08 Å². The van der Waals surface area contributed by atoms with Gasteiger partial charge in [-0.1, -0.05) is 12.1 Å². The molecule has 5 nitrogen and oxygen atoms in total. The van der Waals surface area contributed by atoms with Crippen molar-refractivity contribution >= 4 is 23.1 Å². The minimum Gasteiger partial charge on any atom is -0.496 e. The molecule has 1 aliphatic rings. The van der Waals surface area contributed by atoms with Crippen molar-refractivity contribution in [2.45, 2.75) is 11.2 Å². The zero-order valence-corrected chi connectivity index (χ0v) is 13.2. The minimum atomic E-state index is -0.277. The first-order valence-corrected chi connectivity index (χ1v) is 7.40. The molecule has 0 radical (unpaired) electrons. The topological polar surface area (TPSA) is 48.0 Å². The van der Waals surface area contributed by atoms with E-state index in [-0.39, 0.29) is 11.5 Å². The Morgan fingerprint density at radius 1 is 1.38 bits per heavy atom. The highest BCUT2D eigenvalue weighted by molar-refractivity contribution is 8.13. The molecular formula is C15H19NO4S. The van der Waals surface area contributed by atoms with Gasteiger partial charge in [0.05, 0.1) is 25.2 Å². The number of carbonyl (C=O) groups is 1. The molecule has 1 heterocycles. The molecule has 1 saturated heterocycles. The van der Waals surface area contributed by atoms with Gasteiger partial charge < -0.3 is 19.1 Å². The summed E-state index contributed by atoms with van der Waals surface area (Å²) in [4.78, 5) is 14.1. The minimum absolute atomic E-state index is 0.0376. The summed E-state index contributed by atoms with van der Waals surface area (Å²) in [5.74, 6) is 0.672. The third-order valence-corrected chi connectivity index (χ3v) is 3.94. The maximum absolute atomic E-state index is 11.8. The van der Waals surface area contributed by atoms with Gasteiger partial charge in [0.1, 0.15) is 5.75 Å². The number of hydrogen-bond donors (Lipinski definition) is 0. The predicted octanol–water partition coefficient (Wildman–Crippen LogP) is 2.86. The average Bonchev–Trinajstić information content (AvgIpc) is 2.99. The van der Waals surface area contributed by atoms with E-state index in [1.807, 2.05) is 30.4 Å². The first kappa shape index (κ1) is 15.9. The Kier molecular flexibility index (Phi) is 5.67. The molecule has 6 heteroatoms. The molecule has 0 atom stereocenters. The summed E-state index contributed by atoms with van der Waals surface area (Å²) in [7, 11) is 5.04. The van der Waals surface area contributed by atoms with E-state index < -0.39 is 0 Å². The molecule has 0 unspecified atom stereocenters. The van der Waals surface area contributed by atoms with Gasteiger partial charge in [-0.3, -0.25) is 4.79 Å². The van der Waals surface area contributed by atoms with Gasteiger partial charge in [-0.25, -0.2) is 0 Å². The smallest absolute Gasteiger partial charge is 0.286 e. The zero-order chi connectivity index (χ0) is 15.2. The Hall–Kier alpha value is -1.50. The predicted molar refractivity (Wildman–Crippen MR) is 82.7 cm³/mol. The van der Waals surface area contributed by atoms with Gasteiger partial charge in [0.25, 0.3) is 5.24 Å². The summed E-state index contributed by atoms with van der Waals surface area (Å²) in [5, 5.41) is -0.0376. The lowest BCUT2D eigenvalue weighted by molar-refractivity contribution is -0.000909. The summed E-state index contributed by atoms with van der Waals surface area (Å²) in [6.45, 7) is 1.25. The molecule has 0 bridgehead atoms. The Labute approximate surface area is 128 Å². The van der Waals surface area contributed by atoms with Crippen LogP contribution < -0.4 is 4.74 Å². The van der Waals surface area contributed by atoms with Crippen LogP contribution >= 0.6 is 11.8 Å². The van der Waals surface area contributed by atoms with Crippen molar-refractivity contribution in [2.24, 2.45) is 0 Å². The van der Waals surface area contributed by atoms with Crippen LogP contribution in [0.2, 0.25) is 0 Å². The summed E-state index contributed by atoms with van der Waals surface area (Å²) in [6, 6.07) is 5.69. The molecular weight excluding hydrogens is 290 g/mol. The van der Waals surface area contributed by atoms with Crippen molar-refractivity contribution in [3.63, 3.8) is 0 Å². The number of carbonyl (C=O) groups excluding carboxylic acids is 1. The van der Waals surface area contributed by atoms with E-state index in [0.29, 0.717) is 19.0 Å². The van der Waals surface area contributed by atoms with E-state index in [2.05, 4.69) is 0 Å². The van der Waals surface area contributed by atoms with Gasteiger partial charge in [-0.05, 0) is 35.5 Å². The monoisotopic (exact) mass is 309 g/mol. The highest BCUT2D eigenvalue weighted by Gasteiger charge is 2.13. The molecule has 1 amide bonds. The number of amides is 1. The number of thioether (sulfide) groups is 1. The molecule has 0 N–H and O–H groups in total. The van der Waals surface area contributed by atoms with Crippen LogP contribution in [0.1, 0.15) is 5.56 Å². The number of rotatable bonds is 4. The lowest BCUT2D eigenvalue weighted by Crippen LogP contribution is -2.16. The molecule has 0 aromatic heterocycles. The van der Waals surface area contributed by atoms with Gasteiger partial charge in [0.15, 0.2) is 6.29 Å². The standard InChI is InChI=1S/C15H19NO4S/c1-16(2)15(17)21-13-6-4-11(10-12(13)18-3)5-7-14-19-8-9-20-14/h4-7,10,14H,8-9H2,1-3H3/b7-5+. The Morgan fingerprint density at radius 3 is 2.71 bits per heavy atom. The van der Waals surface area contributed by atoms with Gasteiger partial charge in [0.2, 0.25) is 0 Å². The zero-order valence-electron chi connectivity index (χ0n) is 12.4. The largest absolute Gasteiger partial charge is 0.496 e. The second kappa shape index (κ2) is 7.49. The molecule has 0 saturated carbocycles. The van der Waals surface area contributed by atoms with Gasteiger partial charge in [-0.2, -0.15) is 0 Å². The van der Waals surface area contributed by atoms with Crippen LogP contribution in [0.15, 0.2) is 29.2 Å². The lowest BCUT2D eigenvalue weighted by atomic mass is 10.2. The summed E-state index contributed by atoms with van der Waals surface area (Å²) < 4.78 is 16.0. The van der Waals surface area contributed by atoms with Crippen LogP contribution in [0.4, 0.5) is 4.79 Å². The van der Waals surface area contributed by atoms with Crippen LogP contribution in [-0.4, -0.2) is 50.8 Å². The molecule has 1 aromatic rings. The summed E-state index contributed by atoms with van der Waals surface area (Å²) in [5.41, 5.74) is 0.965. The quantitative estimate of drug-likeness (QED) is 0.800. The fourth-order valence-electron chi connectivity index (χ4n) is 1.73. The van der Waals surface area contributed by atoms with E-state index >= 15 is 0 Å². The first-order valence-electron chi connectivity index (χ1n) is 6.58. The van der Waals surface area contributed by atoms with Crippen molar-refractivity contribution in [1.82, 2.24) is 4.90 Å². The summed E-state index contributed by atoms with van der Waals surface area (Å²) in [6.07, 6.45) is 3.50.